The van der Waals surface area contributed by atoms with E-state index in [0.717, 1.165) is 32.2 Å². The third-order valence-electron chi connectivity index (χ3n) is 6.77. The highest BCUT2D eigenvalue weighted by Gasteiger charge is 2.45. The summed E-state index contributed by atoms with van der Waals surface area (Å²) in [5.74, 6) is 1.92. The third-order valence-corrected chi connectivity index (χ3v) is 6.77. The van der Waals surface area contributed by atoms with Gasteiger partial charge in [0.15, 0.2) is 0 Å². The monoisotopic (exact) mass is 347 g/mol. The van der Waals surface area contributed by atoms with Gasteiger partial charge in [-0.1, -0.05) is 36.6 Å². The van der Waals surface area contributed by atoms with E-state index in [1.165, 1.54) is 32.1 Å². The van der Waals surface area contributed by atoms with Gasteiger partial charge in [0.05, 0.1) is 12.2 Å². The summed E-state index contributed by atoms with van der Waals surface area (Å²) in [5, 5.41) is 20.9. The Hall–Kier alpha value is -0.640. The number of hydrogen-bond donors (Lipinski definition) is 2. The van der Waals surface area contributed by atoms with Crippen LogP contribution in [0.3, 0.4) is 0 Å². The normalized spacial score (nSPS) is 36.1. The second kappa shape index (κ2) is 8.83. The first-order valence-corrected chi connectivity index (χ1v) is 10.4. The molecular weight excluding hydrogens is 310 g/mol. The zero-order chi connectivity index (χ0) is 17.8. The highest BCUT2D eigenvalue weighted by atomic mass is 16.3. The van der Waals surface area contributed by atoms with Crippen LogP contribution < -0.4 is 0 Å². The van der Waals surface area contributed by atoms with Gasteiger partial charge in [0.2, 0.25) is 0 Å². The molecule has 3 saturated carbocycles. The third kappa shape index (κ3) is 4.96. The van der Waals surface area contributed by atoms with E-state index in [4.69, 9.17) is 0 Å². The Bertz CT molecular complexity index is 478. The summed E-state index contributed by atoms with van der Waals surface area (Å²) < 4.78 is 0. The number of allylic oxidation sites excluding steroid dienone is 2. The van der Waals surface area contributed by atoms with Gasteiger partial charge >= 0.3 is 0 Å². The van der Waals surface area contributed by atoms with Crippen molar-refractivity contribution in [2.75, 3.05) is 20.6 Å². The van der Waals surface area contributed by atoms with Gasteiger partial charge in [-0.15, -0.1) is 0 Å². The molecule has 3 nitrogen and oxygen atoms in total. The van der Waals surface area contributed by atoms with Crippen LogP contribution in [0.15, 0.2) is 23.8 Å². The summed E-state index contributed by atoms with van der Waals surface area (Å²) in [6.45, 7) is 1.15. The van der Waals surface area contributed by atoms with E-state index >= 15 is 0 Å². The van der Waals surface area contributed by atoms with E-state index in [1.807, 2.05) is 6.08 Å². The van der Waals surface area contributed by atoms with Crippen molar-refractivity contribution in [3.05, 3.63) is 23.8 Å². The highest BCUT2D eigenvalue weighted by molar-refractivity contribution is 5.18. The molecule has 3 fully saturated rings. The predicted molar refractivity (Wildman–Crippen MR) is 103 cm³/mol. The Kier molecular flexibility index (Phi) is 6.76. The molecule has 0 aromatic carbocycles. The fourth-order valence-corrected chi connectivity index (χ4v) is 5.35. The number of hydrogen-bond acceptors (Lipinski definition) is 3. The number of unbranched alkanes of at least 4 members (excludes halogenated alkanes) is 1. The van der Waals surface area contributed by atoms with Crippen molar-refractivity contribution in [3.63, 3.8) is 0 Å². The molecule has 0 aromatic rings. The first-order chi connectivity index (χ1) is 12.0. The van der Waals surface area contributed by atoms with Crippen LogP contribution in [0.1, 0.15) is 57.8 Å². The zero-order valence-electron chi connectivity index (χ0n) is 16.1. The fourth-order valence-electron chi connectivity index (χ4n) is 5.35. The molecule has 0 spiro atoms. The molecule has 0 heterocycles. The molecule has 3 heteroatoms. The minimum atomic E-state index is -0.309. The smallest absolute Gasteiger partial charge is 0.0749 e. The van der Waals surface area contributed by atoms with Crippen molar-refractivity contribution in [2.24, 2.45) is 23.7 Å². The first kappa shape index (κ1) is 19.1. The van der Waals surface area contributed by atoms with Crippen LogP contribution in [0.5, 0.6) is 0 Å². The van der Waals surface area contributed by atoms with E-state index < -0.39 is 0 Å². The van der Waals surface area contributed by atoms with Gasteiger partial charge in [-0.2, -0.15) is 0 Å². The molecule has 0 amide bonds. The van der Waals surface area contributed by atoms with Gasteiger partial charge in [0.1, 0.15) is 0 Å². The van der Waals surface area contributed by atoms with Crippen LogP contribution in [-0.2, 0) is 0 Å². The molecule has 3 aliphatic carbocycles. The largest absolute Gasteiger partial charge is 0.392 e. The summed E-state index contributed by atoms with van der Waals surface area (Å²) in [7, 11) is 4.26. The van der Waals surface area contributed by atoms with Gasteiger partial charge in [0, 0.05) is 5.92 Å². The van der Waals surface area contributed by atoms with Crippen molar-refractivity contribution in [3.8, 4) is 0 Å². The van der Waals surface area contributed by atoms with Crippen LogP contribution in [0.4, 0.5) is 0 Å². The molecular formula is C22H37NO2. The van der Waals surface area contributed by atoms with E-state index in [-0.39, 0.29) is 18.1 Å². The second-order valence-electron chi connectivity index (χ2n) is 8.94. The second-order valence-corrected chi connectivity index (χ2v) is 8.94. The molecule has 0 aliphatic heterocycles. The van der Waals surface area contributed by atoms with Gasteiger partial charge in [-0.3, -0.25) is 0 Å². The maximum atomic E-state index is 10.5. The van der Waals surface area contributed by atoms with Crippen molar-refractivity contribution < 1.29 is 10.2 Å². The van der Waals surface area contributed by atoms with E-state index in [2.05, 4.69) is 31.1 Å². The summed E-state index contributed by atoms with van der Waals surface area (Å²) >= 11 is 0. The first-order valence-electron chi connectivity index (χ1n) is 10.4. The molecule has 0 bridgehead atoms. The lowest BCUT2D eigenvalue weighted by molar-refractivity contribution is 0.135. The van der Waals surface area contributed by atoms with E-state index in [1.54, 1.807) is 5.57 Å². The average molecular weight is 348 g/mol. The maximum Gasteiger partial charge on any atom is 0.0749 e. The van der Waals surface area contributed by atoms with Gasteiger partial charge in [-0.05, 0) is 83.3 Å². The Labute approximate surface area is 153 Å². The summed E-state index contributed by atoms with van der Waals surface area (Å²) in [4.78, 5) is 2.24. The van der Waals surface area contributed by atoms with Crippen molar-refractivity contribution in [1.82, 2.24) is 4.90 Å². The molecule has 142 valence electrons. The Morgan fingerprint density at radius 3 is 2.68 bits per heavy atom. The minimum Gasteiger partial charge on any atom is -0.392 e. The van der Waals surface area contributed by atoms with Crippen molar-refractivity contribution in [2.45, 2.75) is 70.0 Å². The lowest BCUT2D eigenvalue weighted by Gasteiger charge is -2.19. The standard InChI is InChI=1S/C22H37NO2/c1-23(2)12-6-5-7-16-13-18-15-22(25)19(20(18)14-16)10-11-21(24)17-8-3-4-9-17/h7,10-11,17-22,24-25H,3-6,8-9,12-15H2,1-2H3/b11-10+,16-7+/t18-,19+,20-,21+,22+/m0/s1. The van der Waals surface area contributed by atoms with E-state index in [9.17, 15) is 10.2 Å². The van der Waals surface area contributed by atoms with Crippen LogP contribution in [0, 0.1) is 23.7 Å². The maximum absolute atomic E-state index is 10.5. The molecule has 25 heavy (non-hydrogen) atoms. The van der Waals surface area contributed by atoms with Crippen LogP contribution in [0.2, 0.25) is 0 Å². The number of aliphatic hydroxyl groups is 2. The average Bonchev–Trinajstić information content (AvgIpc) is 3.26. The van der Waals surface area contributed by atoms with Crippen molar-refractivity contribution >= 4 is 0 Å². The molecule has 0 radical (unpaired) electrons. The summed E-state index contributed by atoms with van der Waals surface area (Å²) in [6, 6.07) is 0. The van der Waals surface area contributed by atoms with Gasteiger partial charge in [-0.25, -0.2) is 0 Å². The predicted octanol–water partition coefficient (Wildman–Crippen LogP) is 3.77. The Morgan fingerprint density at radius 1 is 1.20 bits per heavy atom. The van der Waals surface area contributed by atoms with E-state index in [0.29, 0.717) is 17.8 Å². The van der Waals surface area contributed by atoms with Crippen LogP contribution in [-0.4, -0.2) is 48.0 Å². The topological polar surface area (TPSA) is 43.7 Å². The fraction of sp³-hybridized carbons (Fsp3) is 0.818. The molecule has 0 unspecified atom stereocenters. The highest BCUT2D eigenvalue weighted by Crippen LogP contribution is 2.50. The SMILES string of the molecule is CN(C)CCC/C=C1\C[C@H]2C[C@@H](O)[C@H](/C=C/[C@@H](O)C3CCCC3)[C@H]2C1. The van der Waals surface area contributed by atoms with Crippen LogP contribution >= 0.6 is 0 Å². The molecule has 0 aromatic heterocycles. The van der Waals surface area contributed by atoms with Gasteiger partial charge < -0.3 is 15.1 Å². The quantitative estimate of drug-likeness (QED) is 0.544. The summed E-state index contributed by atoms with van der Waals surface area (Å²) in [6.07, 6.45) is 16.6. The van der Waals surface area contributed by atoms with Gasteiger partial charge in [0.25, 0.3) is 0 Å². The molecule has 5 atom stereocenters. The Balaban J connectivity index is 1.52. The molecule has 2 N–H and O–H groups in total. The molecule has 0 saturated heterocycles. The number of rotatable bonds is 7. The van der Waals surface area contributed by atoms with Crippen LogP contribution in [0.25, 0.3) is 0 Å². The minimum absolute atomic E-state index is 0.211. The molecule has 3 aliphatic rings. The molecule has 3 rings (SSSR count). The summed E-state index contributed by atoms with van der Waals surface area (Å²) in [5.41, 5.74) is 1.61. The number of nitrogens with zero attached hydrogens (tertiary/aromatic N) is 1. The number of fused-ring (bicyclic) bond motifs is 1. The van der Waals surface area contributed by atoms with Crippen molar-refractivity contribution in [1.29, 1.82) is 0 Å². The Morgan fingerprint density at radius 2 is 1.96 bits per heavy atom. The lowest BCUT2D eigenvalue weighted by atomic mass is 9.89. The number of aliphatic hydroxyl groups excluding tert-OH is 2. The lowest BCUT2D eigenvalue weighted by Crippen LogP contribution is -2.19. The zero-order valence-corrected chi connectivity index (χ0v) is 16.1.